The van der Waals surface area contributed by atoms with Crippen LogP contribution in [-0.4, -0.2) is 56.9 Å². The van der Waals surface area contributed by atoms with Crippen molar-refractivity contribution in [2.75, 3.05) is 40.1 Å². The fraction of sp³-hybridized carbons (Fsp3) is 0.391. The number of carbonyl (C=O) groups excluding carboxylic acids is 2. The summed E-state index contributed by atoms with van der Waals surface area (Å²) in [6.45, 7) is 1.89. The molecule has 31 heavy (non-hydrogen) atoms. The quantitative estimate of drug-likeness (QED) is 0.732. The first-order chi connectivity index (χ1) is 15.1. The SMILES string of the molecule is COc1ccccc1OCC(=O)NC[C@@H]1CCCN(C(=O)c2ccc3c(c2)OCO3)C1. The number of ether oxygens (including phenoxy) is 4. The van der Waals surface area contributed by atoms with Crippen molar-refractivity contribution in [3.8, 4) is 23.0 Å². The fourth-order valence-corrected chi connectivity index (χ4v) is 3.82. The molecule has 0 saturated carbocycles. The van der Waals surface area contributed by atoms with Crippen molar-refractivity contribution in [3.63, 3.8) is 0 Å². The molecule has 164 valence electrons. The van der Waals surface area contributed by atoms with Gasteiger partial charge in [0.1, 0.15) is 0 Å². The number of benzene rings is 2. The molecule has 2 aliphatic heterocycles. The lowest BCUT2D eigenvalue weighted by atomic mass is 9.97. The summed E-state index contributed by atoms with van der Waals surface area (Å²) >= 11 is 0. The summed E-state index contributed by atoms with van der Waals surface area (Å²) in [5, 5.41) is 2.91. The number of hydrogen-bond acceptors (Lipinski definition) is 6. The van der Waals surface area contributed by atoms with Crippen LogP contribution in [0.25, 0.3) is 0 Å². The highest BCUT2D eigenvalue weighted by Crippen LogP contribution is 2.33. The van der Waals surface area contributed by atoms with Crippen LogP contribution in [0.15, 0.2) is 42.5 Å². The van der Waals surface area contributed by atoms with Gasteiger partial charge in [-0.2, -0.15) is 0 Å². The van der Waals surface area contributed by atoms with E-state index in [0.717, 1.165) is 12.8 Å². The standard InChI is InChI=1S/C23H26N2O6/c1-28-18-6-2-3-7-19(18)29-14-22(26)24-12-16-5-4-10-25(13-16)23(27)17-8-9-20-21(11-17)31-15-30-20/h2-3,6-9,11,16H,4-5,10,12-15H2,1H3,(H,24,26)/t16-/m0/s1. The summed E-state index contributed by atoms with van der Waals surface area (Å²) in [7, 11) is 1.56. The highest BCUT2D eigenvalue weighted by Gasteiger charge is 2.26. The third-order valence-electron chi connectivity index (χ3n) is 5.44. The zero-order valence-electron chi connectivity index (χ0n) is 17.5. The third kappa shape index (κ3) is 5.02. The van der Waals surface area contributed by atoms with Crippen LogP contribution in [0.3, 0.4) is 0 Å². The largest absolute Gasteiger partial charge is 0.493 e. The lowest BCUT2D eigenvalue weighted by molar-refractivity contribution is -0.123. The van der Waals surface area contributed by atoms with E-state index in [2.05, 4.69) is 5.32 Å². The van der Waals surface area contributed by atoms with Gasteiger partial charge in [0, 0.05) is 25.2 Å². The summed E-state index contributed by atoms with van der Waals surface area (Å²) in [5.74, 6) is 2.33. The van der Waals surface area contributed by atoms with Gasteiger partial charge < -0.3 is 29.2 Å². The van der Waals surface area contributed by atoms with Gasteiger partial charge in [0.2, 0.25) is 6.79 Å². The molecule has 2 heterocycles. The van der Waals surface area contributed by atoms with Gasteiger partial charge in [0.05, 0.1) is 7.11 Å². The molecule has 8 heteroatoms. The minimum Gasteiger partial charge on any atom is -0.493 e. The van der Waals surface area contributed by atoms with E-state index in [1.165, 1.54) is 0 Å². The van der Waals surface area contributed by atoms with Crippen molar-refractivity contribution >= 4 is 11.8 Å². The predicted molar refractivity (Wildman–Crippen MR) is 113 cm³/mol. The Morgan fingerprint density at radius 3 is 2.77 bits per heavy atom. The van der Waals surface area contributed by atoms with Crippen LogP contribution in [0.2, 0.25) is 0 Å². The minimum atomic E-state index is -0.204. The van der Waals surface area contributed by atoms with Gasteiger partial charge in [0.25, 0.3) is 11.8 Å². The molecule has 0 aromatic heterocycles. The number of hydrogen-bond donors (Lipinski definition) is 1. The fourth-order valence-electron chi connectivity index (χ4n) is 3.82. The van der Waals surface area contributed by atoms with Crippen molar-refractivity contribution in [1.29, 1.82) is 0 Å². The molecule has 1 atom stereocenters. The van der Waals surface area contributed by atoms with Gasteiger partial charge in [-0.25, -0.2) is 0 Å². The van der Waals surface area contributed by atoms with Crippen LogP contribution < -0.4 is 24.3 Å². The highest BCUT2D eigenvalue weighted by atomic mass is 16.7. The van der Waals surface area contributed by atoms with E-state index in [1.807, 2.05) is 17.0 Å². The van der Waals surface area contributed by atoms with Gasteiger partial charge in [-0.05, 0) is 49.1 Å². The Balaban J connectivity index is 1.26. The Hall–Kier alpha value is -3.42. The Labute approximate surface area is 181 Å². The lowest BCUT2D eigenvalue weighted by Gasteiger charge is -2.33. The molecule has 0 unspecified atom stereocenters. The molecule has 1 N–H and O–H groups in total. The van der Waals surface area contributed by atoms with Crippen molar-refractivity contribution < 1.29 is 28.5 Å². The van der Waals surface area contributed by atoms with Gasteiger partial charge >= 0.3 is 0 Å². The van der Waals surface area contributed by atoms with Crippen LogP contribution >= 0.6 is 0 Å². The van der Waals surface area contributed by atoms with E-state index < -0.39 is 0 Å². The number of likely N-dealkylation sites (tertiary alicyclic amines) is 1. The molecular weight excluding hydrogens is 400 g/mol. The zero-order valence-corrected chi connectivity index (χ0v) is 17.5. The molecule has 8 nitrogen and oxygen atoms in total. The van der Waals surface area contributed by atoms with Crippen LogP contribution in [-0.2, 0) is 4.79 Å². The summed E-state index contributed by atoms with van der Waals surface area (Å²) in [4.78, 5) is 27.0. The highest BCUT2D eigenvalue weighted by molar-refractivity contribution is 5.95. The molecule has 2 amide bonds. The number of rotatable bonds is 7. The van der Waals surface area contributed by atoms with Crippen LogP contribution in [0, 0.1) is 5.92 Å². The zero-order chi connectivity index (χ0) is 21.6. The molecule has 2 aromatic rings. The van der Waals surface area contributed by atoms with Crippen molar-refractivity contribution in [2.45, 2.75) is 12.8 Å². The van der Waals surface area contributed by atoms with E-state index in [9.17, 15) is 9.59 Å². The van der Waals surface area contributed by atoms with Crippen LogP contribution in [0.4, 0.5) is 0 Å². The maximum Gasteiger partial charge on any atom is 0.257 e. The first kappa shape index (κ1) is 20.8. The van der Waals surface area contributed by atoms with Crippen LogP contribution in [0.1, 0.15) is 23.2 Å². The summed E-state index contributed by atoms with van der Waals surface area (Å²) < 4.78 is 21.5. The lowest BCUT2D eigenvalue weighted by Crippen LogP contribution is -2.44. The van der Waals surface area contributed by atoms with Gasteiger partial charge in [-0.15, -0.1) is 0 Å². The molecule has 0 bridgehead atoms. The molecule has 2 aliphatic rings. The number of para-hydroxylation sites is 2. The average Bonchev–Trinajstić information content (AvgIpc) is 3.29. The van der Waals surface area contributed by atoms with E-state index >= 15 is 0 Å². The molecule has 1 fully saturated rings. The van der Waals surface area contributed by atoms with E-state index in [4.69, 9.17) is 18.9 Å². The number of nitrogens with one attached hydrogen (secondary N) is 1. The number of piperidine rings is 1. The van der Waals surface area contributed by atoms with Gasteiger partial charge in [0.15, 0.2) is 29.6 Å². The monoisotopic (exact) mass is 426 g/mol. The van der Waals surface area contributed by atoms with E-state index in [-0.39, 0.29) is 31.1 Å². The third-order valence-corrected chi connectivity index (χ3v) is 5.44. The smallest absolute Gasteiger partial charge is 0.257 e. The van der Waals surface area contributed by atoms with E-state index in [1.54, 1.807) is 37.4 Å². The van der Waals surface area contributed by atoms with Crippen LogP contribution in [0.5, 0.6) is 23.0 Å². The Morgan fingerprint density at radius 1 is 1.13 bits per heavy atom. The maximum absolute atomic E-state index is 12.9. The second-order valence-corrected chi connectivity index (χ2v) is 7.57. The molecule has 0 radical (unpaired) electrons. The van der Waals surface area contributed by atoms with Gasteiger partial charge in [-0.3, -0.25) is 9.59 Å². The number of methoxy groups -OCH3 is 1. The molecule has 4 rings (SSSR count). The number of fused-ring (bicyclic) bond motifs is 1. The van der Waals surface area contributed by atoms with Gasteiger partial charge in [-0.1, -0.05) is 12.1 Å². The maximum atomic E-state index is 12.9. The Bertz CT molecular complexity index is 947. The van der Waals surface area contributed by atoms with Crippen molar-refractivity contribution in [3.05, 3.63) is 48.0 Å². The first-order valence-corrected chi connectivity index (χ1v) is 10.4. The summed E-state index contributed by atoms with van der Waals surface area (Å²) in [6.07, 6.45) is 1.85. The number of carbonyl (C=O) groups is 2. The second kappa shape index (κ2) is 9.59. The van der Waals surface area contributed by atoms with Crippen molar-refractivity contribution in [2.24, 2.45) is 5.92 Å². The molecule has 0 spiro atoms. The molecule has 0 aliphatic carbocycles. The molecular formula is C23H26N2O6. The summed E-state index contributed by atoms with van der Waals surface area (Å²) in [5.41, 5.74) is 0.583. The topological polar surface area (TPSA) is 86.3 Å². The van der Waals surface area contributed by atoms with Crippen molar-refractivity contribution in [1.82, 2.24) is 10.2 Å². The normalized spacial score (nSPS) is 17.2. The number of nitrogens with zero attached hydrogens (tertiary/aromatic N) is 1. The molecule has 2 aromatic carbocycles. The number of amides is 2. The Morgan fingerprint density at radius 2 is 1.94 bits per heavy atom. The second-order valence-electron chi connectivity index (χ2n) is 7.57. The minimum absolute atomic E-state index is 0.0335. The summed E-state index contributed by atoms with van der Waals surface area (Å²) in [6, 6.07) is 12.4. The molecule has 1 saturated heterocycles. The van der Waals surface area contributed by atoms with E-state index in [0.29, 0.717) is 48.2 Å². The first-order valence-electron chi connectivity index (χ1n) is 10.4. The average molecular weight is 426 g/mol. The Kier molecular flexibility index (Phi) is 6.45. The predicted octanol–water partition coefficient (Wildman–Crippen LogP) is 2.47.